The summed E-state index contributed by atoms with van der Waals surface area (Å²) in [5.41, 5.74) is 6.03. The van der Waals surface area contributed by atoms with E-state index in [0.29, 0.717) is 12.0 Å². The zero-order chi connectivity index (χ0) is 13.4. The van der Waals surface area contributed by atoms with E-state index in [0.717, 1.165) is 19.3 Å². The third-order valence-electron chi connectivity index (χ3n) is 2.73. The highest BCUT2D eigenvalue weighted by Crippen LogP contribution is 2.12. The number of carbonyl (C=O) groups excluding carboxylic acids is 2. The van der Waals surface area contributed by atoms with E-state index in [1.165, 1.54) is 0 Å². The molecule has 1 aromatic carbocycles. The van der Waals surface area contributed by atoms with Crippen LogP contribution in [0.4, 0.5) is 0 Å². The predicted octanol–water partition coefficient (Wildman–Crippen LogP) is 1.91. The van der Waals surface area contributed by atoms with Crippen LogP contribution in [-0.4, -0.2) is 11.8 Å². The second-order valence-corrected chi connectivity index (χ2v) is 4.27. The number of amides is 2. The maximum absolute atomic E-state index is 11.7. The summed E-state index contributed by atoms with van der Waals surface area (Å²) in [6, 6.07) is 8.30. The fourth-order valence-corrected chi connectivity index (χ4v) is 1.73. The van der Waals surface area contributed by atoms with Crippen LogP contribution in [0.15, 0.2) is 30.3 Å². The first-order chi connectivity index (χ1) is 8.65. The number of nitrogens with two attached hydrogens (primary N) is 1. The second kappa shape index (κ2) is 7.48. The lowest BCUT2D eigenvalue weighted by atomic mass is 10.1. The Bertz CT molecular complexity index is 390. The molecule has 0 heterocycles. The number of carbonyl (C=O) groups is 2. The number of primary amides is 1. The molecule has 4 heteroatoms. The lowest BCUT2D eigenvalue weighted by Crippen LogP contribution is -2.37. The minimum atomic E-state index is -0.736. The van der Waals surface area contributed by atoms with E-state index in [2.05, 4.69) is 12.2 Å². The molecule has 0 spiro atoms. The van der Waals surface area contributed by atoms with E-state index in [4.69, 9.17) is 5.73 Å². The first-order valence-corrected chi connectivity index (χ1v) is 6.28. The monoisotopic (exact) mass is 248 g/mol. The van der Waals surface area contributed by atoms with Gasteiger partial charge in [-0.3, -0.25) is 9.59 Å². The van der Waals surface area contributed by atoms with Crippen LogP contribution >= 0.6 is 0 Å². The molecule has 0 saturated heterocycles. The average molecular weight is 248 g/mol. The summed E-state index contributed by atoms with van der Waals surface area (Å²) in [6.45, 7) is 2.08. The minimum absolute atomic E-state index is 0.129. The van der Waals surface area contributed by atoms with Crippen molar-refractivity contribution in [3.8, 4) is 0 Å². The summed E-state index contributed by atoms with van der Waals surface area (Å²) in [6.07, 6.45) is 3.35. The van der Waals surface area contributed by atoms with E-state index in [1.807, 2.05) is 18.2 Å². The molecule has 0 aliphatic carbocycles. The van der Waals surface area contributed by atoms with Crippen molar-refractivity contribution >= 4 is 11.8 Å². The fourth-order valence-electron chi connectivity index (χ4n) is 1.73. The molecule has 0 bridgehead atoms. The Labute approximate surface area is 108 Å². The molecule has 0 aliphatic rings. The molecule has 4 nitrogen and oxygen atoms in total. The molecule has 1 rings (SSSR count). The van der Waals surface area contributed by atoms with Crippen molar-refractivity contribution in [1.29, 1.82) is 0 Å². The third-order valence-corrected chi connectivity index (χ3v) is 2.73. The van der Waals surface area contributed by atoms with Gasteiger partial charge >= 0.3 is 0 Å². The van der Waals surface area contributed by atoms with Crippen molar-refractivity contribution in [3.05, 3.63) is 35.9 Å². The second-order valence-electron chi connectivity index (χ2n) is 4.27. The van der Waals surface area contributed by atoms with E-state index < -0.39 is 11.9 Å². The molecule has 98 valence electrons. The molecule has 1 unspecified atom stereocenters. The Morgan fingerprint density at radius 2 is 1.89 bits per heavy atom. The number of hydrogen-bond acceptors (Lipinski definition) is 2. The SMILES string of the molecule is CCCCCC(=O)NC(C(N)=O)c1ccccc1. The van der Waals surface area contributed by atoms with Gasteiger partial charge in [0.1, 0.15) is 6.04 Å². The molecule has 0 radical (unpaired) electrons. The van der Waals surface area contributed by atoms with Gasteiger partial charge in [0, 0.05) is 6.42 Å². The van der Waals surface area contributed by atoms with Crippen molar-refractivity contribution in [1.82, 2.24) is 5.32 Å². The molecular formula is C14H20N2O2. The third kappa shape index (κ3) is 4.57. The average Bonchev–Trinajstić information content (AvgIpc) is 2.37. The fraction of sp³-hybridized carbons (Fsp3) is 0.429. The molecule has 2 amide bonds. The standard InChI is InChI=1S/C14H20N2O2/c1-2-3-5-10-12(17)16-13(14(15)18)11-8-6-4-7-9-11/h4,6-9,13H,2-3,5,10H2,1H3,(H2,15,18)(H,16,17). The maximum atomic E-state index is 11.7. The number of nitrogens with one attached hydrogen (secondary N) is 1. The highest BCUT2D eigenvalue weighted by Gasteiger charge is 2.19. The number of benzene rings is 1. The summed E-state index contributed by atoms with van der Waals surface area (Å²) in [4.78, 5) is 23.1. The van der Waals surface area contributed by atoms with Crippen molar-refractivity contribution < 1.29 is 9.59 Å². The van der Waals surface area contributed by atoms with Crippen molar-refractivity contribution in [2.75, 3.05) is 0 Å². The van der Waals surface area contributed by atoms with Crippen LogP contribution in [0.25, 0.3) is 0 Å². The van der Waals surface area contributed by atoms with Crippen LogP contribution in [0.3, 0.4) is 0 Å². The van der Waals surface area contributed by atoms with Gasteiger partial charge in [0.2, 0.25) is 11.8 Å². The molecule has 0 aromatic heterocycles. The van der Waals surface area contributed by atoms with Gasteiger partial charge in [-0.15, -0.1) is 0 Å². The predicted molar refractivity (Wildman–Crippen MR) is 70.7 cm³/mol. The van der Waals surface area contributed by atoms with E-state index in [-0.39, 0.29) is 5.91 Å². The van der Waals surface area contributed by atoms with Gasteiger partial charge in [0.15, 0.2) is 0 Å². The Morgan fingerprint density at radius 1 is 1.22 bits per heavy atom. The van der Waals surface area contributed by atoms with Crippen molar-refractivity contribution in [2.24, 2.45) is 5.73 Å². The first kappa shape index (κ1) is 14.2. The van der Waals surface area contributed by atoms with Crippen LogP contribution in [0, 0.1) is 0 Å². The van der Waals surface area contributed by atoms with Gasteiger partial charge in [0.25, 0.3) is 0 Å². The zero-order valence-electron chi connectivity index (χ0n) is 10.7. The van der Waals surface area contributed by atoms with Crippen LogP contribution in [0.1, 0.15) is 44.2 Å². The largest absolute Gasteiger partial charge is 0.368 e. The van der Waals surface area contributed by atoms with Gasteiger partial charge in [-0.1, -0.05) is 50.1 Å². The quantitative estimate of drug-likeness (QED) is 0.723. The molecule has 0 aliphatic heterocycles. The number of rotatable bonds is 7. The smallest absolute Gasteiger partial charge is 0.244 e. The van der Waals surface area contributed by atoms with Crippen LogP contribution in [0.5, 0.6) is 0 Å². The maximum Gasteiger partial charge on any atom is 0.244 e. The van der Waals surface area contributed by atoms with E-state index >= 15 is 0 Å². The highest BCUT2D eigenvalue weighted by atomic mass is 16.2. The van der Waals surface area contributed by atoms with Crippen LogP contribution < -0.4 is 11.1 Å². The first-order valence-electron chi connectivity index (χ1n) is 6.28. The molecule has 0 saturated carbocycles. The van der Waals surface area contributed by atoms with Gasteiger partial charge in [0.05, 0.1) is 0 Å². The van der Waals surface area contributed by atoms with Crippen molar-refractivity contribution in [3.63, 3.8) is 0 Å². The van der Waals surface area contributed by atoms with Crippen molar-refractivity contribution in [2.45, 2.75) is 38.6 Å². The normalized spacial score (nSPS) is 11.8. The molecule has 3 N–H and O–H groups in total. The summed E-state index contributed by atoms with van der Waals surface area (Å²) in [7, 11) is 0. The van der Waals surface area contributed by atoms with E-state index in [9.17, 15) is 9.59 Å². The number of hydrogen-bond donors (Lipinski definition) is 2. The van der Waals surface area contributed by atoms with Gasteiger partial charge in [-0.2, -0.15) is 0 Å². The summed E-state index contributed by atoms with van der Waals surface area (Å²) < 4.78 is 0. The Balaban J connectivity index is 2.59. The Morgan fingerprint density at radius 3 is 2.44 bits per heavy atom. The Hall–Kier alpha value is -1.84. The van der Waals surface area contributed by atoms with Gasteiger partial charge in [-0.05, 0) is 12.0 Å². The van der Waals surface area contributed by atoms with Gasteiger partial charge in [-0.25, -0.2) is 0 Å². The lowest BCUT2D eigenvalue weighted by molar-refractivity contribution is -0.127. The molecule has 1 aromatic rings. The zero-order valence-corrected chi connectivity index (χ0v) is 10.7. The molecule has 0 fully saturated rings. The highest BCUT2D eigenvalue weighted by molar-refractivity contribution is 5.87. The number of unbranched alkanes of at least 4 members (excludes halogenated alkanes) is 2. The minimum Gasteiger partial charge on any atom is -0.368 e. The van der Waals surface area contributed by atoms with Gasteiger partial charge < -0.3 is 11.1 Å². The summed E-state index contributed by atoms with van der Waals surface area (Å²) >= 11 is 0. The molecule has 1 atom stereocenters. The van der Waals surface area contributed by atoms with E-state index in [1.54, 1.807) is 12.1 Å². The topological polar surface area (TPSA) is 72.2 Å². The van der Waals surface area contributed by atoms with Crippen LogP contribution in [0.2, 0.25) is 0 Å². The van der Waals surface area contributed by atoms with Crippen LogP contribution in [-0.2, 0) is 9.59 Å². The Kier molecular flexibility index (Phi) is 5.91. The summed E-state index contributed by atoms with van der Waals surface area (Å²) in [5, 5.41) is 2.68. The molecular weight excluding hydrogens is 228 g/mol. The summed E-state index contributed by atoms with van der Waals surface area (Å²) in [5.74, 6) is -0.666. The molecule has 18 heavy (non-hydrogen) atoms. The lowest BCUT2D eigenvalue weighted by Gasteiger charge is -2.15.